The third-order valence-corrected chi connectivity index (χ3v) is 1.54. The molecule has 3 nitrogen and oxygen atoms in total. The van der Waals surface area contributed by atoms with Crippen molar-refractivity contribution in [3.05, 3.63) is 24.0 Å². The molecule has 0 spiro atoms. The van der Waals surface area contributed by atoms with Gasteiger partial charge in [-0.3, -0.25) is 0 Å². The number of hydrogen-bond acceptors (Lipinski definition) is 3. The first-order chi connectivity index (χ1) is 4.84. The molecular weight excluding hydrogens is 162 g/mol. The van der Waals surface area contributed by atoms with E-state index in [1.165, 1.54) is 0 Å². The molecule has 1 aromatic heterocycles. The molecule has 0 saturated carbocycles. The van der Waals surface area contributed by atoms with Crippen LogP contribution in [-0.4, -0.2) is 17.2 Å². The molecule has 0 aromatic carbocycles. The molecule has 0 radical (unpaired) electrons. The van der Waals surface area contributed by atoms with Crippen molar-refractivity contribution in [3.8, 4) is 0 Å². The summed E-state index contributed by atoms with van der Waals surface area (Å²) >= 11 is 0. The van der Waals surface area contributed by atoms with E-state index >= 15 is 0 Å². The SMILES string of the molecule is CNC(C)c1ccnnc1.Cl. The minimum absolute atomic E-state index is 0. The lowest BCUT2D eigenvalue weighted by Gasteiger charge is -2.07. The average molecular weight is 174 g/mol. The maximum Gasteiger partial charge on any atom is 0.0543 e. The Kier molecular flexibility index (Phi) is 4.74. The molecule has 0 saturated heterocycles. The van der Waals surface area contributed by atoms with Crippen LogP contribution in [0.5, 0.6) is 0 Å². The van der Waals surface area contributed by atoms with E-state index in [-0.39, 0.29) is 12.4 Å². The van der Waals surface area contributed by atoms with Gasteiger partial charge in [-0.25, -0.2) is 0 Å². The fourth-order valence-corrected chi connectivity index (χ4v) is 0.724. The summed E-state index contributed by atoms with van der Waals surface area (Å²) in [6, 6.07) is 2.31. The zero-order chi connectivity index (χ0) is 7.40. The Bertz CT molecular complexity index is 190. The molecule has 62 valence electrons. The smallest absolute Gasteiger partial charge is 0.0543 e. The maximum atomic E-state index is 3.76. The van der Waals surface area contributed by atoms with E-state index in [0.29, 0.717) is 6.04 Å². The third kappa shape index (κ3) is 2.82. The highest BCUT2D eigenvalue weighted by molar-refractivity contribution is 5.85. The topological polar surface area (TPSA) is 37.8 Å². The van der Waals surface area contributed by atoms with Crippen LogP contribution in [0.2, 0.25) is 0 Å². The fourth-order valence-electron chi connectivity index (χ4n) is 0.724. The van der Waals surface area contributed by atoms with Crippen molar-refractivity contribution in [2.75, 3.05) is 7.05 Å². The van der Waals surface area contributed by atoms with Gasteiger partial charge in [0.15, 0.2) is 0 Å². The minimum atomic E-state index is 0. The normalized spacial score (nSPS) is 11.8. The summed E-state index contributed by atoms with van der Waals surface area (Å²) in [7, 11) is 1.92. The van der Waals surface area contributed by atoms with E-state index in [2.05, 4.69) is 22.4 Å². The molecule has 0 amide bonds. The summed E-state index contributed by atoms with van der Waals surface area (Å²) in [5, 5.41) is 10.6. The molecule has 1 rings (SSSR count). The molecule has 4 heteroatoms. The van der Waals surface area contributed by atoms with Crippen molar-refractivity contribution in [1.82, 2.24) is 15.5 Å². The van der Waals surface area contributed by atoms with Gasteiger partial charge in [-0.2, -0.15) is 10.2 Å². The summed E-state index contributed by atoms with van der Waals surface area (Å²) in [4.78, 5) is 0. The number of aromatic nitrogens is 2. The second-order valence-corrected chi connectivity index (χ2v) is 2.19. The first kappa shape index (κ1) is 10.3. The van der Waals surface area contributed by atoms with E-state index in [1.54, 1.807) is 12.4 Å². The lowest BCUT2D eigenvalue weighted by molar-refractivity contribution is 0.646. The molecule has 1 atom stereocenters. The first-order valence-corrected chi connectivity index (χ1v) is 3.28. The van der Waals surface area contributed by atoms with Gasteiger partial charge in [0.2, 0.25) is 0 Å². The Balaban J connectivity index is 0.000001000. The summed E-state index contributed by atoms with van der Waals surface area (Å²) in [6.07, 6.45) is 3.46. The van der Waals surface area contributed by atoms with Gasteiger partial charge in [-0.15, -0.1) is 12.4 Å². The Hall–Kier alpha value is -0.670. The first-order valence-electron chi connectivity index (χ1n) is 3.28. The molecule has 11 heavy (non-hydrogen) atoms. The summed E-state index contributed by atoms with van der Waals surface area (Å²) < 4.78 is 0. The van der Waals surface area contributed by atoms with Crippen molar-refractivity contribution < 1.29 is 0 Å². The Morgan fingerprint density at radius 3 is 2.64 bits per heavy atom. The fraction of sp³-hybridized carbons (Fsp3) is 0.429. The van der Waals surface area contributed by atoms with Crippen molar-refractivity contribution in [2.24, 2.45) is 0 Å². The minimum Gasteiger partial charge on any atom is -0.313 e. The molecule has 0 aliphatic heterocycles. The van der Waals surface area contributed by atoms with Gasteiger partial charge in [-0.1, -0.05) is 0 Å². The summed E-state index contributed by atoms with van der Waals surface area (Å²) in [5.74, 6) is 0. The quantitative estimate of drug-likeness (QED) is 0.730. The van der Waals surface area contributed by atoms with Crippen LogP contribution in [-0.2, 0) is 0 Å². The monoisotopic (exact) mass is 173 g/mol. The van der Waals surface area contributed by atoms with Gasteiger partial charge in [0.25, 0.3) is 0 Å². The molecule has 0 bridgehead atoms. The number of nitrogens with one attached hydrogen (secondary N) is 1. The lowest BCUT2D eigenvalue weighted by Crippen LogP contribution is -2.12. The zero-order valence-electron chi connectivity index (χ0n) is 6.61. The standard InChI is InChI=1S/C7H11N3.ClH/c1-6(8-2)7-3-4-9-10-5-7;/h3-6,8H,1-2H3;1H. The van der Waals surface area contributed by atoms with Gasteiger partial charge >= 0.3 is 0 Å². The highest BCUT2D eigenvalue weighted by Crippen LogP contribution is 2.06. The van der Waals surface area contributed by atoms with Crippen LogP contribution in [0.25, 0.3) is 0 Å². The van der Waals surface area contributed by atoms with E-state index < -0.39 is 0 Å². The molecule has 0 aliphatic rings. The molecule has 0 fully saturated rings. The van der Waals surface area contributed by atoms with Crippen molar-refractivity contribution in [1.29, 1.82) is 0 Å². The molecule has 1 unspecified atom stereocenters. The van der Waals surface area contributed by atoms with Crippen molar-refractivity contribution in [3.63, 3.8) is 0 Å². The number of nitrogens with zero attached hydrogens (tertiary/aromatic N) is 2. The molecule has 0 aliphatic carbocycles. The van der Waals surface area contributed by atoms with Gasteiger partial charge in [0, 0.05) is 12.2 Å². The predicted octanol–water partition coefficient (Wildman–Crippen LogP) is 1.18. The van der Waals surface area contributed by atoms with E-state index in [9.17, 15) is 0 Å². The van der Waals surface area contributed by atoms with Gasteiger partial charge in [0.1, 0.15) is 0 Å². The van der Waals surface area contributed by atoms with E-state index in [4.69, 9.17) is 0 Å². The van der Waals surface area contributed by atoms with E-state index in [0.717, 1.165) is 5.56 Å². The van der Waals surface area contributed by atoms with Crippen LogP contribution in [0, 0.1) is 0 Å². The molecule has 1 aromatic rings. The average Bonchev–Trinajstić information content (AvgIpc) is 2.05. The lowest BCUT2D eigenvalue weighted by atomic mass is 10.2. The summed E-state index contributed by atoms with van der Waals surface area (Å²) in [5.41, 5.74) is 1.16. The second kappa shape index (κ2) is 5.04. The molecule has 1 N–H and O–H groups in total. The largest absolute Gasteiger partial charge is 0.313 e. The Morgan fingerprint density at radius 1 is 1.45 bits per heavy atom. The predicted molar refractivity (Wildman–Crippen MR) is 46.8 cm³/mol. The highest BCUT2D eigenvalue weighted by atomic mass is 35.5. The third-order valence-electron chi connectivity index (χ3n) is 1.54. The number of halogens is 1. The van der Waals surface area contributed by atoms with Crippen molar-refractivity contribution in [2.45, 2.75) is 13.0 Å². The zero-order valence-corrected chi connectivity index (χ0v) is 7.43. The van der Waals surface area contributed by atoms with Gasteiger partial charge in [-0.05, 0) is 25.6 Å². The molecular formula is C7H12ClN3. The van der Waals surface area contributed by atoms with Crippen LogP contribution >= 0.6 is 12.4 Å². The molecule has 1 heterocycles. The van der Waals surface area contributed by atoms with Gasteiger partial charge in [0.05, 0.1) is 6.20 Å². The second-order valence-electron chi connectivity index (χ2n) is 2.19. The Morgan fingerprint density at radius 2 is 2.18 bits per heavy atom. The maximum absolute atomic E-state index is 3.76. The van der Waals surface area contributed by atoms with Crippen LogP contribution in [0.4, 0.5) is 0 Å². The highest BCUT2D eigenvalue weighted by Gasteiger charge is 1.99. The van der Waals surface area contributed by atoms with E-state index in [1.807, 2.05) is 13.1 Å². The number of rotatable bonds is 2. The van der Waals surface area contributed by atoms with Gasteiger partial charge < -0.3 is 5.32 Å². The van der Waals surface area contributed by atoms with Crippen LogP contribution in [0.3, 0.4) is 0 Å². The Labute approximate surface area is 72.6 Å². The van der Waals surface area contributed by atoms with Crippen LogP contribution in [0.15, 0.2) is 18.5 Å². The summed E-state index contributed by atoms with van der Waals surface area (Å²) in [6.45, 7) is 2.08. The van der Waals surface area contributed by atoms with Crippen LogP contribution in [0.1, 0.15) is 18.5 Å². The van der Waals surface area contributed by atoms with Crippen LogP contribution < -0.4 is 5.32 Å². The van der Waals surface area contributed by atoms with Crippen molar-refractivity contribution >= 4 is 12.4 Å². The number of hydrogen-bond donors (Lipinski definition) is 1.